The molecular weight excluding hydrogens is 786 g/mol. The van der Waals surface area contributed by atoms with Crippen molar-refractivity contribution in [2.45, 2.75) is 180 Å². The summed E-state index contributed by atoms with van der Waals surface area (Å²) in [5.41, 5.74) is 0. The Morgan fingerprint density at radius 1 is 0.525 bits per heavy atom. The van der Waals surface area contributed by atoms with Crippen LogP contribution in [0.3, 0.4) is 0 Å². The maximum absolute atomic E-state index is 12.7. The predicted octanol–water partition coefficient (Wildman–Crippen LogP) is 14.0. The first kappa shape index (κ1) is 58.2. The van der Waals surface area contributed by atoms with Crippen molar-refractivity contribution in [1.29, 1.82) is 0 Å². The minimum atomic E-state index is -4.37. The van der Waals surface area contributed by atoms with Crippen LogP contribution < -0.4 is 0 Å². The SMILES string of the molecule is CC/C=C\C/C=C\C/C=C\C/C=C\C/C=C\C/C=C\C/C=C\CCCCCCCCCCCC(=O)OC(COC(=O)CCCCCCCC)COP(=O)(O)OCC[N+](C)(C)C. The molecule has 0 aliphatic rings. The molecule has 0 fully saturated rings. The van der Waals surface area contributed by atoms with Crippen LogP contribution in [0, 0.1) is 0 Å². The van der Waals surface area contributed by atoms with Gasteiger partial charge in [-0.15, -0.1) is 0 Å². The standard InChI is InChI=1S/C51H88NO8P/c1-6-8-10-12-14-15-16-17-18-19-20-21-22-23-24-25-26-27-28-29-30-31-32-33-34-35-36-37-38-40-42-44-51(54)60-49(47-57-50(53)43-41-39-13-11-9-7-2)48-59-61(55,56)58-46-45-52(3,4)5/h8,10,14-15,17-18,20-21,23-24,26-27,29-30,49H,6-7,9,11-13,16,19,22,25,28,31-48H2,1-5H3/p+1/b10-8-,15-14-,18-17-,21-20-,24-23-,27-26-,30-29-. The summed E-state index contributed by atoms with van der Waals surface area (Å²) < 4.78 is 34.1. The largest absolute Gasteiger partial charge is 0.472 e. The van der Waals surface area contributed by atoms with Crippen molar-refractivity contribution in [3.63, 3.8) is 0 Å². The highest BCUT2D eigenvalue weighted by Crippen LogP contribution is 2.43. The molecule has 10 heteroatoms. The molecule has 0 rings (SSSR count). The van der Waals surface area contributed by atoms with Gasteiger partial charge in [-0.1, -0.05) is 176 Å². The van der Waals surface area contributed by atoms with Crippen molar-refractivity contribution in [3.05, 3.63) is 85.1 Å². The van der Waals surface area contributed by atoms with Crippen molar-refractivity contribution in [1.82, 2.24) is 0 Å². The topological polar surface area (TPSA) is 108 Å². The highest BCUT2D eigenvalue weighted by atomic mass is 31.2. The van der Waals surface area contributed by atoms with Crippen molar-refractivity contribution in [3.8, 4) is 0 Å². The molecule has 0 saturated carbocycles. The van der Waals surface area contributed by atoms with Gasteiger partial charge in [-0.25, -0.2) is 4.57 Å². The zero-order valence-electron chi connectivity index (χ0n) is 39.4. The molecule has 350 valence electrons. The number of phosphoric ester groups is 1. The average Bonchev–Trinajstić information content (AvgIpc) is 3.21. The van der Waals surface area contributed by atoms with Gasteiger partial charge in [-0.05, 0) is 70.6 Å². The van der Waals surface area contributed by atoms with Gasteiger partial charge in [0.25, 0.3) is 0 Å². The third-order valence-corrected chi connectivity index (χ3v) is 10.7. The van der Waals surface area contributed by atoms with Gasteiger partial charge in [0.15, 0.2) is 6.10 Å². The first-order valence-corrected chi connectivity index (χ1v) is 25.3. The number of esters is 2. The Morgan fingerprint density at radius 2 is 0.934 bits per heavy atom. The molecule has 0 heterocycles. The third-order valence-electron chi connectivity index (χ3n) is 9.69. The van der Waals surface area contributed by atoms with E-state index in [0.717, 1.165) is 96.3 Å². The number of ether oxygens (including phenoxy) is 2. The highest BCUT2D eigenvalue weighted by molar-refractivity contribution is 7.47. The number of carbonyl (C=O) groups is 2. The molecule has 1 N–H and O–H groups in total. The monoisotopic (exact) mass is 875 g/mol. The number of phosphoric acid groups is 1. The normalized spacial score (nSPS) is 14.3. The molecule has 0 aromatic rings. The van der Waals surface area contributed by atoms with E-state index < -0.39 is 26.5 Å². The Balaban J connectivity index is 4.08. The fraction of sp³-hybridized carbons (Fsp3) is 0.686. The minimum Gasteiger partial charge on any atom is -0.462 e. The van der Waals surface area contributed by atoms with Gasteiger partial charge in [0.1, 0.15) is 19.8 Å². The van der Waals surface area contributed by atoms with Gasteiger partial charge in [0.2, 0.25) is 0 Å². The molecule has 0 aliphatic heterocycles. The van der Waals surface area contributed by atoms with E-state index in [2.05, 4.69) is 98.9 Å². The molecule has 0 amide bonds. The quantitative estimate of drug-likeness (QED) is 0.0212. The third kappa shape index (κ3) is 46.5. The maximum atomic E-state index is 12.7. The lowest BCUT2D eigenvalue weighted by atomic mass is 10.1. The van der Waals surface area contributed by atoms with Crippen LogP contribution in [0.5, 0.6) is 0 Å². The van der Waals surface area contributed by atoms with E-state index in [9.17, 15) is 19.0 Å². The summed E-state index contributed by atoms with van der Waals surface area (Å²) in [6.45, 7) is 4.21. The van der Waals surface area contributed by atoms with E-state index in [4.69, 9.17) is 18.5 Å². The van der Waals surface area contributed by atoms with Crippen molar-refractivity contribution >= 4 is 19.8 Å². The van der Waals surface area contributed by atoms with Gasteiger partial charge in [-0.2, -0.15) is 0 Å². The number of rotatable bonds is 42. The summed E-state index contributed by atoms with van der Waals surface area (Å²) >= 11 is 0. The summed E-state index contributed by atoms with van der Waals surface area (Å²) in [5.74, 6) is -0.821. The Labute approximate surface area is 373 Å². The number of allylic oxidation sites excluding steroid dienone is 14. The van der Waals surface area contributed by atoms with Crippen LogP contribution in [0.4, 0.5) is 0 Å². The number of carbonyl (C=O) groups excluding carboxylic acids is 2. The molecule has 2 atom stereocenters. The number of nitrogens with zero attached hydrogens (tertiary/aromatic N) is 1. The number of hydrogen-bond donors (Lipinski definition) is 1. The summed E-state index contributed by atoms with van der Waals surface area (Å²) in [6.07, 6.45) is 55.3. The molecule has 61 heavy (non-hydrogen) atoms. The Bertz CT molecular complexity index is 1310. The van der Waals surface area contributed by atoms with E-state index in [1.807, 2.05) is 21.1 Å². The van der Waals surface area contributed by atoms with Gasteiger partial charge < -0.3 is 18.9 Å². The molecule has 9 nitrogen and oxygen atoms in total. The zero-order chi connectivity index (χ0) is 45.0. The lowest BCUT2D eigenvalue weighted by Gasteiger charge is -2.24. The summed E-state index contributed by atoms with van der Waals surface area (Å²) in [4.78, 5) is 35.1. The van der Waals surface area contributed by atoms with E-state index >= 15 is 0 Å². The average molecular weight is 875 g/mol. The van der Waals surface area contributed by atoms with E-state index in [1.54, 1.807) is 0 Å². The number of hydrogen-bond acceptors (Lipinski definition) is 7. The molecular formula is C51H89NO8P+. The molecule has 0 aromatic carbocycles. The Kier molecular flexibility index (Phi) is 40.5. The fourth-order valence-corrected chi connectivity index (χ4v) is 6.73. The van der Waals surface area contributed by atoms with Crippen LogP contribution in [-0.2, 0) is 32.7 Å². The van der Waals surface area contributed by atoms with Gasteiger partial charge in [0.05, 0.1) is 27.7 Å². The smallest absolute Gasteiger partial charge is 0.462 e. The predicted molar refractivity (Wildman–Crippen MR) is 256 cm³/mol. The summed E-state index contributed by atoms with van der Waals surface area (Å²) in [6, 6.07) is 0. The lowest BCUT2D eigenvalue weighted by Crippen LogP contribution is -2.37. The first-order valence-electron chi connectivity index (χ1n) is 23.8. The molecule has 0 aliphatic carbocycles. The van der Waals surface area contributed by atoms with Crippen LogP contribution in [0.15, 0.2) is 85.1 Å². The van der Waals surface area contributed by atoms with E-state index in [0.29, 0.717) is 17.4 Å². The minimum absolute atomic E-state index is 0.0272. The van der Waals surface area contributed by atoms with Crippen molar-refractivity contribution in [2.75, 3.05) is 47.5 Å². The second kappa shape index (κ2) is 42.5. The fourth-order valence-electron chi connectivity index (χ4n) is 5.99. The molecule has 0 radical (unpaired) electrons. The number of unbranched alkanes of at least 4 members (excludes halogenated alkanes) is 14. The van der Waals surface area contributed by atoms with Crippen LogP contribution in [-0.4, -0.2) is 74.9 Å². The molecule has 0 aromatic heterocycles. The first-order chi connectivity index (χ1) is 29.5. The Hall–Kier alpha value is -2.81. The molecule has 0 spiro atoms. The second-order valence-electron chi connectivity index (χ2n) is 16.8. The number of quaternary nitrogens is 1. The van der Waals surface area contributed by atoms with Crippen molar-refractivity contribution in [2.24, 2.45) is 0 Å². The zero-order valence-corrected chi connectivity index (χ0v) is 40.3. The number of likely N-dealkylation sites (N-methyl/N-ethyl adjacent to an activating group) is 1. The van der Waals surface area contributed by atoms with Crippen LogP contribution in [0.2, 0.25) is 0 Å². The second-order valence-corrected chi connectivity index (χ2v) is 18.2. The lowest BCUT2D eigenvalue weighted by molar-refractivity contribution is -0.870. The van der Waals surface area contributed by atoms with Crippen LogP contribution >= 0.6 is 7.82 Å². The van der Waals surface area contributed by atoms with Crippen LogP contribution in [0.1, 0.15) is 174 Å². The van der Waals surface area contributed by atoms with Gasteiger partial charge >= 0.3 is 19.8 Å². The van der Waals surface area contributed by atoms with Gasteiger partial charge in [0, 0.05) is 12.8 Å². The van der Waals surface area contributed by atoms with Crippen molar-refractivity contribution < 1.29 is 42.1 Å². The van der Waals surface area contributed by atoms with E-state index in [-0.39, 0.29) is 32.0 Å². The summed E-state index contributed by atoms with van der Waals surface area (Å²) in [7, 11) is 1.46. The molecule has 0 saturated heterocycles. The van der Waals surface area contributed by atoms with Gasteiger partial charge in [-0.3, -0.25) is 18.6 Å². The summed E-state index contributed by atoms with van der Waals surface area (Å²) in [5, 5.41) is 0. The highest BCUT2D eigenvalue weighted by Gasteiger charge is 2.27. The Morgan fingerprint density at radius 3 is 1.39 bits per heavy atom. The van der Waals surface area contributed by atoms with E-state index in [1.165, 1.54) is 44.9 Å². The van der Waals surface area contributed by atoms with Crippen LogP contribution in [0.25, 0.3) is 0 Å². The molecule has 2 unspecified atom stereocenters. The maximum Gasteiger partial charge on any atom is 0.472 e. The molecule has 0 bridgehead atoms.